The van der Waals surface area contributed by atoms with Crippen molar-refractivity contribution >= 4 is 23.8 Å². The average molecular weight is 531 g/mol. The standard InChI is InChI=1S/C32H50O6/c1-8-20(35)15-27(37)38-22-16-25-31(6)14-11-23-29(4,9-2)12-10-13-30(23,5)24(31)17-26(36)32(25,7)21(18-33)28(22)19(3)34/h18,20-25,28,35H,8-17H2,1-7H3/t20-,21-,22+,23-,24+,25-,28-,29-,30-,31+,32+/m0/s1. The number of carbonyl (C=O) groups excluding carboxylic acids is 4. The molecule has 0 spiro atoms. The van der Waals surface area contributed by atoms with E-state index >= 15 is 0 Å². The fourth-order valence-electron chi connectivity index (χ4n) is 10.4. The van der Waals surface area contributed by atoms with Crippen molar-refractivity contribution in [2.45, 2.75) is 125 Å². The Kier molecular flexibility index (Phi) is 7.84. The Hall–Kier alpha value is -1.56. The Morgan fingerprint density at radius 2 is 1.71 bits per heavy atom. The molecule has 0 unspecified atom stereocenters. The van der Waals surface area contributed by atoms with E-state index in [4.69, 9.17) is 4.74 Å². The van der Waals surface area contributed by atoms with Crippen LogP contribution in [0.2, 0.25) is 0 Å². The van der Waals surface area contributed by atoms with E-state index in [-0.39, 0.29) is 46.1 Å². The number of hydrogen-bond donors (Lipinski definition) is 1. The summed E-state index contributed by atoms with van der Waals surface area (Å²) in [6.07, 6.45) is 7.12. The number of ketones is 2. The van der Waals surface area contributed by atoms with Crippen molar-refractivity contribution in [3.63, 3.8) is 0 Å². The minimum absolute atomic E-state index is 0.0402. The molecule has 0 aromatic heterocycles. The van der Waals surface area contributed by atoms with Gasteiger partial charge in [-0.1, -0.05) is 54.4 Å². The van der Waals surface area contributed by atoms with E-state index in [9.17, 15) is 24.3 Å². The normalized spacial score (nSPS) is 47.2. The molecule has 0 aromatic rings. The van der Waals surface area contributed by atoms with Gasteiger partial charge < -0.3 is 14.6 Å². The summed E-state index contributed by atoms with van der Waals surface area (Å²) in [5.74, 6) is -1.74. The third-order valence-electron chi connectivity index (χ3n) is 12.7. The first-order chi connectivity index (χ1) is 17.7. The molecule has 1 N–H and O–H groups in total. The lowest BCUT2D eigenvalue weighted by Gasteiger charge is -2.70. The number of fused-ring (bicyclic) bond motifs is 5. The number of rotatable bonds is 7. The number of Topliss-reactive ketones (excluding diaryl/α,β-unsaturated/α-hetero) is 2. The van der Waals surface area contributed by atoms with Crippen molar-refractivity contribution in [1.29, 1.82) is 0 Å². The van der Waals surface area contributed by atoms with Gasteiger partial charge in [0.1, 0.15) is 24.0 Å². The van der Waals surface area contributed by atoms with E-state index in [1.54, 1.807) is 6.92 Å². The van der Waals surface area contributed by atoms with E-state index in [0.29, 0.717) is 25.2 Å². The molecule has 6 heteroatoms. The van der Waals surface area contributed by atoms with Crippen molar-refractivity contribution < 1.29 is 29.0 Å². The Morgan fingerprint density at radius 1 is 1.05 bits per heavy atom. The summed E-state index contributed by atoms with van der Waals surface area (Å²) in [7, 11) is 0. The average Bonchev–Trinajstić information content (AvgIpc) is 2.85. The maximum absolute atomic E-state index is 14.2. The van der Waals surface area contributed by atoms with Gasteiger partial charge in [0.05, 0.1) is 18.4 Å². The van der Waals surface area contributed by atoms with Gasteiger partial charge in [0.15, 0.2) is 0 Å². The number of esters is 1. The Bertz CT molecular complexity index is 975. The fourth-order valence-corrected chi connectivity index (χ4v) is 10.4. The zero-order chi connectivity index (χ0) is 28.3. The number of ether oxygens (including phenoxy) is 1. The predicted octanol–water partition coefficient (Wildman–Crippen LogP) is 5.72. The molecule has 4 aliphatic rings. The smallest absolute Gasteiger partial charge is 0.308 e. The fraction of sp³-hybridized carbons (Fsp3) is 0.875. The van der Waals surface area contributed by atoms with E-state index in [1.165, 1.54) is 19.8 Å². The van der Waals surface area contributed by atoms with Gasteiger partial charge in [-0.25, -0.2) is 0 Å². The second kappa shape index (κ2) is 10.1. The van der Waals surface area contributed by atoms with Gasteiger partial charge in [-0.2, -0.15) is 0 Å². The van der Waals surface area contributed by atoms with Crippen LogP contribution in [0, 0.1) is 51.2 Å². The lowest BCUT2D eigenvalue weighted by Crippen LogP contribution is -2.68. The number of hydrogen-bond acceptors (Lipinski definition) is 6. The summed E-state index contributed by atoms with van der Waals surface area (Å²) in [6, 6.07) is 0. The third kappa shape index (κ3) is 4.23. The van der Waals surface area contributed by atoms with Crippen LogP contribution in [0.15, 0.2) is 0 Å². The molecule has 6 nitrogen and oxygen atoms in total. The van der Waals surface area contributed by atoms with Gasteiger partial charge in [-0.05, 0) is 79.4 Å². The van der Waals surface area contributed by atoms with Crippen LogP contribution in [0.25, 0.3) is 0 Å². The summed E-state index contributed by atoms with van der Waals surface area (Å²) in [6.45, 7) is 14.6. The molecule has 0 heterocycles. The minimum atomic E-state index is -0.957. The van der Waals surface area contributed by atoms with Crippen LogP contribution in [0.3, 0.4) is 0 Å². The molecule has 4 rings (SSSR count). The van der Waals surface area contributed by atoms with Crippen molar-refractivity contribution in [1.82, 2.24) is 0 Å². The lowest BCUT2D eigenvalue weighted by atomic mass is 9.34. The highest BCUT2D eigenvalue weighted by molar-refractivity contribution is 5.93. The molecule has 0 radical (unpaired) electrons. The maximum Gasteiger partial charge on any atom is 0.308 e. The number of carbonyl (C=O) groups is 4. The SMILES string of the molecule is CC[C@H](O)CC(=O)O[C@@H]1C[C@H]2[C@]3(C)CC[C@H]4[C@@](C)(CC)CCC[C@]4(C)[C@H]3CC(=O)[C@]2(C)[C@@H](C=O)[C@@H]1C(C)=O. The quantitative estimate of drug-likeness (QED) is 0.334. The molecule has 214 valence electrons. The number of aliphatic hydroxyl groups is 1. The summed E-state index contributed by atoms with van der Waals surface area (Å²) < 4.78 is 5.92. The highest BCUT2D eigenvalue weighted by Gasteiger charge is 2.71. The molecule has 0 aromatic carbocycles. The first-order valence-corrected chi connectivity index (χ1v) is 15.1. The van der Waals surface area contributed by atoms with Crippen LogP contribution in [0.1, 0.15) is 113 Å². The second-order valence-corrected chi connectivity index (χ2v) is 14.3. The van der Waals surface area contributed by atoms with Crippen molar-refractivity contribution in [3.8, 4) is 0 Å². The first-order valence-electron chi connectivity index (χ1n) is 15.1. The third-order valence-corrected chi connectivity index (χ3v) is 12.7. The van der Waals surface area contributed by atoms with Crippen LogP contribution >= 0.6 is 0 Å². The topological polar surface area (TPSA) is 97.7 Å². The zero-order valence-electron chi connectivity index (χ0n) is 24.7. The van der Waals surface area contributed by atoms with Crippen LogP contribution in [0.5, 0.6) is 0 Å². The van der Waals surface area contributed by atoms with Crippen LogP contribution < -0.4 is 0 Å². The molecule has 38 heavy (non-hydrogen) atoms. The summed E-state index contributed by atoms with van der Waals surface area (Å²) >= 11 is 0. The van der Waals surface area contributed by atoms with E-state index in [2.05, 4.69) is 27.7 Å². The summed E-state index contributed by atoms with van der Waals surface area (Å²) in [5, 5.41) is 10.0. The van der Waals surface area contributed by atoms with E-state index in [1.807, 2.05) is 6.92 Å². The molecule has 0 amide bonds. The van der Waals surface area contributed by atoms with Gasteiger partial charge in [0, 0.05) is 17.8 Å². The lowest BCUT2D eigenvalue weighted by molar-refractivity contribution is -0.224. The van der Waals surface area contributed by atoms with Crippen LogP contribution in [-0.2, 0) is 23.9 Å². The molecular formula is C32H50O6. The minimum Gasteiger partial charge on any atom is -0.461 e. The Morgan fingerprint density at radius 3 is 2.29 bits per heavy atom. The number of aliphatic hydroxyl groups excluding tert-OH is 1. The largest absolute Gasteiger partial charge is 0.461 e. The van der Waals surface area contributed by atoms with Crippen molar-refractivity contribution in [3.05, 3.63) is 0 Å². The van der Waals surface area contributed by atoms with Gasteiger partial charge in [-0.15, -0.1) is 0 Å². The molecule has 4 fully saturated rings. The monoisotopic (exact) mass is 530 g/mol. The molecular weight excluding hydrogens is 480 g/mol. The van der Waals surface area contributed by atoms with Gasteiger partial charge in [0.25, 0.3) is 0 Å². The summed E-state index contributed by atoms with van der Waals surface area (Å²) in [4.78, 5) is 52.7. The van der Waals surface area contributed by atoms with E-state index < -0.39 is 35.4 Å². The maximum atomic E-state index is 14.2. The van der Waals surface area contributed by atoms with E-state index in [0.717, 1.165) is 32.0 Å². The van der Waals surface area contributed by atoms with Crippen LogP contribution in [-0.4, -0.2) is 41.1 Å². The zero-order valence-corrected chi connectivity index (χ0v) is 24.7. The highest BCUT2D eigenvalue weighted by atomic mass is 16.5. The molecule has 0 aliphatic heterocycles. The Balaban J connectivity index is 1.76. The van der Waals surface area contributed by atoms with Gasteiger partial charge in [0.2, 0.25) is 0 Å². The second-order valence-electron chi connectivity index (χ2n) is 14.3. The Labute approximate surface area is 229 Å². The van der Waals surface area contributed by atoms with Gasteiger partial charge >= 0.3 is 5.97 Å². The summed E-state index contributed by atoms with van der Waals surface area (Å²) in [5.41, 5.74) is -0.843. The molecule has 4 aliphatic carbocycles. The van der Waals surface area contributed by atoms with Crippen molar-refractivity contribution in [2.24, 2.45) is 51.2 Å². The highest BCUT2D eigenvalue weighted by Crippen LogP contribution is 2.73. The molecule has 11 atom stereocenters. The van der Waals surface area contributed by atoms with Gasteiger partial charge in [-0.3, -0.25) is 14.4 Å². The van der Waals surface area contributed by atoms with Crippen LogP contribution in [0.4, 0.5) is 0 Å². The van der Waals surface area contributed by atoms with Crippen molar-refractivity contribution in [2.75, 3.05) is 0 Å². The molecule has 0 saturated heterocycles. The predicted molar refractivity (Wildman–Crippen MR) is 145 cm³/mol. The molecule has 0 bridgehead atoms. The molecule has 4 saturated carbocycles. The first kappa shape index (κ1) is 29.4. The number of aldehydes is 1.